The zero-order valence-electron chi connectivity index (χ0n) is 15.9. The molecule has 0 aliphatic carbocycles. The van der Waals surface area contributed by atoms with E-state index < -0.39 is 0 Å². The summed E-state index contributed by atoms with van der Waals surface area (Å²) in [5.74, 6) is 0.122. The van der Waals surface area contributed by atoms with Crippen LogP contribution in [0.25, 0.3) is 0 Å². The van der Waals surface area contributed by atoms with E-state index in [1.807, 2.05) is 17.0 Å². The fourth-order valence-corrected chi connectivity index (χ4v) is 4.25. The molecule has 1 heterocycles. The van der Waals surface area contributed by atoms with Crippen molar-refractivity contribution in [2.45, 2.75) is 16.2 Å². The van der Waals surface area contributed by atoms with Gasteiger partial charge in [-0.25, -0.2) is 0 Å². The van der Waals surface area contributed by atoms with E-state index >= 15 is 0 Å². The Bertz CT molecular complexity index is 715. The highest BCUT2D eigenvalue weighted by atomic mass is 32.2. The lowest BCUT2D eigenvalue weighted by Gasteiger charge is -2.33. The first kappa shape index (κ1) is 19.7. The Morgan fingerprint density at radius 3 is 1.96 bits per heavy atom. The fraction of sp³-hybridized carbons (Fsp3) is 0.381. The van der Waals surface area contributed by atoms with E-state index in [0.29, 0.717) is 39.3 Å². The third-order valence-corrected chi connectivity index (χ3v) is 5.69. The van der Waals surface area contributed by atoms with Gasteiger partial charge in [0.2, 0.25) is 5.91 Å². The van der Waals surface area contributed by atoms with Gasteiger partial charge in [-0.3, -0.25) is 4.79 Å². The van der Waals surface area contributed by atoms with Crippen molar-refractivity contribution in [2.75, 3.05) is 52.0 Å². The molecule has 0 N–H and O–H groups in total. The highest BCUT2D eigenvalue weighted by molar-refractivity contribution is 7.99. The van der Waals surface area contributed by atoms with E-state index in [4.69, 9.17) is 9.47 Å². The molecular formula is C21H26N2O3S. The molecule has 2 aromatic carbocycles. The number of carbonyl (C=O) groups excluding carboxylic acids is 1. The van der Waals surface area contributed by atoms with E-state index in [1.165, 1.54) is 9.79 Å². The van der Waals surface area contributed by atoms with Gasteiger partial charge in [0.1, 0.15) is 0 Å². The Labute approximate surface area is 165 Å². The molecule has 6 heteroatoms. The van der Waals surface area contributed by atoms with E-state index in [9.17, 15) is 4.79 Å². The molecule has 0 bridgehead atoms. The molecule has 144 valence electrons. The molecule has 2 aromatic rings. The van der Waals surface area contributed by atoms with Gasteiger partial charge in [0.25, 0.3) is 0 Å². The van der Waals surface area contributed by atoms with Crippen LogP contribution in [0, 0.1) is 0 Å². The maximum absolute atomic E-state index is 12.8. The van der Waals surface area contributed by atoms with Crippen molar-refractivity contribution in [2.24, 2.45) is 0 Å². The van der Waals surface area contributed by atoms with Crippen molar-refractivity contribution < 1.29 is 14.3 Å². The minimum atomic E-state index is 0.122. The van der Waals surface area contributed by atoms with Crippen LogP contribution in [0.3, 0.4) is 0 Å². The molecular weight excluding hydrogens is 360 g/mol. The van der Waals surface area contributed by atoms with E-state index in [2.05, 4.69) is 41.3 Å². The molecule has 1 amide bonds. The summed E-state index contributed by atoms with van der Waals surface area (Å²) >= 11 is 1.78. The molecule has 27 heavy (non-hydrogen) atoms. The van der Waals surface area contributed by atoms with Crippen LogP contribution in [-0.2, 0) is 14.3 Å². The number of nitrogens with zero attached hydrogens (tertiary/aromatic N) is 2. The van der Waals surface area contributed by atoms with E-state index in [-0.39, 0.29) is 5.91 Å². The lowest BCUT2D eigenvalue weighted by molar-refractivity contribution is -0.132. The number of hydrogen-bond acceptors (Lipinski definition) is 5. The van der Waals surface area contributed by atoms with Crippen LogP contribution in [0.4, 0.5) is 11.4 Å². The molecule has 0 spiro atoms. The van der Waals surface area contributed by atoms with Gasteiger partial charge in [0, 0.05) is 50.1 Å². The number of carbonyl (C=O) groups is 1. The second kappa shape index (κ2) is 9.78. The van der Waals surface area contributed by atoms with Gasteiger partial charge in [0.05, 0.1) is 24.6 Å². The second-order valence-electron chi connectivity index (χ2n) is 6.31. The second-order valence-corrected chi connectivity index (χ2v) is 7.39. The van der Waals surface area contributed by atoms with Gasteiger partial charge >= 0.3 is 0 Å². The molecule has 0 atom stereocenters. The number of ether oxygens (including phenoxy) is 2. The van der Waals surface area contributed by atoms with Gasteiger partial charge in [-0.05, 0) is 24.3 Å². The van der Waals surface area contributed by atoms with Crippen molar-refractivity contribution >= 4 is 29.0 Å². The number of rotatable bonds is 9. The Balaban J connectivity index is 1.74. The fourth-order valence-electron chi connectivity index (χ4n) is 3.15. The summed E-state index contributed by atoms with van der Waals surface area (Å²) in [5, 5.41) is 0. The molecule has 5 nitrogen and oxygen atoms in total. The van der Waals surface area contributed by atoms with Crippen LogP contribution in [0.2, 0.25) is 0 Å². The maximum atomic E-state index is 12.8. The average Bonchev–Trinajstić information content (AvgIpc) is 2.71. The Morgan fingerprint density at radius 1 is 0.926 bits per heavy atom. The van der Waals surface area contributed by atoms with Crippen LogP contribution in [0.1, 0.15) is 6.42 Å². The molecule has 0 saturated heterocycles. The Morgan fingerprint density at radius 2 is 1.44 bits per heavy atom. The predicted molar refractivity (Wildman–Crippen MR) is 109 cm³/mol. The van der Waals surface area contributed by atoms with Gasteiger partial charge in [-0.15, -0.1) is 0 Å². The van der Waals surface area contributed by atoms with Gasteiger partial charge < -0.3 is 19.3 Å². The summed E-state index contributed by atoms with van der Waals surface area (Å²) in [6.45, 7) is 2.87. The summed E-state index contributed by atoms with van der Waals surface area (Å²) in [6, 6.07) is 16.7. The molecule has 1 aliphatic rings. The highest BCUT2D eigenvalue weighted by Crippen LogP contribution is 2.47. The summed E-state index contributed by atoms with van der Waals surface area (Å²) < 4.78 is 10.3. The van der Waals surface area contributed by atoms with Crippen molar-refractivity contribution in [1.82, 2.24) is 4.90 Å². The van der Waals surface area contributed by atoms with Gasteiger partial charge in [0.15, 0.2) is 0 Å². The quantitative estimate of drug-likeness (QED) is 0.656. The minimum absolute atomic E-state index is 0.122. The number of para-hydroxylation sites is 2. The van der Waals surface area contributed by atoms with Crippen LogP contribution < -0.4 is 4.90 Å². The topological polar surface area (TPSA) is 42.0 Å². The van der Waals surface area contributed by atoms with Gasteiger partial charge in [-0.1, -0.05) is 36.0 Å². The highest BCUT2D eigenvalue weighted by Gasteiger charge is 2.24. The van der Waals surface area contributed by atoms with Gasteiger partial charge in [-0.2, -0.15) is 0 Å². The molecule has 1 aliphatic heterocycles. The smallest absolute Gasteiger partial charge is 0.224 e. The van der Waals surface area contributed by atoms with Crippen LogP contribution in [0.5, 0.6) is 0 Å². The van der Waals surface area contributed by atoms with E-state index in [1.54, 1.807) is 26.0 Å². The molecule has 3 rings (SSSR count). The number of fused-ring (bicyclic) bond motifs is 2. The standard InChI is InChI=1S/C21H26N2O3S/c1-25-15-13-22(14-16-26-2)21(24)11-12-23-17-7-3-5-9-19(17)27-20-10-6-4-8-18(20)23/h3-10H,11-16H2,1-2H3. The minimum Gasteiger partial charge on any atom is -0.383 e. The van der Waals surface area contributed by atoms with Crippen molar-refractivity contribution in [3.8, 4) is 0 Å². The molecule has 0 aromatic heterocycles. The number of amides is 1. The number of methoxy groups -OCH3 is 2. The third-order valence-electron chi connectivity index (χ3n) is 4.56. The molecule has 0 fully saturated rings. The largest absolute Gasteiger partial charge is 0.383 e. The summed E-state index contributed by atoms with van der Waals surface area (Å²) in [5.41, 5.74) is 2.32. The molecule has 0 saturated carbocycles. The normalized spacial score (nSPS) is 12.4. The SMILES string of the molecule is COCCN(CCOC)C(=O)CCN1c2ccccc2Sc2ccccc21. The first-order valence-electron chi connectivity index (χ1n) is 9.13. The summed E-state index contributed by atoms with van der Waals surface area (Å²) in [4.78, 5) is 19.3. The molecule has 0 radical (unpaired) electrons. The van der Waals surface area contributed by atoms with Crippen LogP contribution in [0.15, 0.2) is 58.3 Å². The Hall–Kier alpha value is -2.02. The monoisotopic (exact) mass is 386 g/mol. The van der Waals surface area contributed by atoms with Crippen molar-refractivity contribution in [3.05, 3.63) is 48.5 Å². The zero-order chi connectivity index (χ0) is 19.1. The number of anilines is 2. The first-order valence-corrected chi connectivity index (χ1v) is 9.95. The van der Waals surface area contributed by atoms with Crippen molar-refractivity contribution in [1.29, 1.82) is 0 Å². The lowest BCUT2D eigenvalue weighted by atomic mass is 10.2. The summed E-state index contributed by atoms with van der Waals surface area (Å²) in [6.07, 6.45) is 0.445. The van der Waals surface area contributed by atoms with Crippen LogP contribution >= 0.6 is 11.8 Å². The third kappa shape index (κ3) is 4.83. The predicted octanol–water partition coefficient (Wildman–Crippen LogP) is 3.80. The Kier molecular flexibility index (Phi) is 7.15. The van der Waals surface area contributed by atoms with E-state index in [0.717, 1.165) is 11.4 Å². The summed E-state index contributed by atoms with van der Waals surface area (Å²) in [7, 11) is 3.30. The molecule has 0 unspecified atom stereocenters. The zero-order valence-corrected chi connectivity index (χ0v) is 16.7. The lowest BCUT2D eigenvalue weighted by Crippen LogP contribution is -2.38. The first-order chi connectivity index (χ1) is 13.2. The van der Waals surface area contributed by atoms with Crippen LogP contribution in [-0.4, -0.2) is 57.9 Å². The maximum Gasteiger partial charge on any atom is 0.224 e. The number of benzene rings is 2. The van der Waals surface area contributed by atoms with Crippen molar-refractivity contribution in [3.63, 3.8) is 0 Å². The average molecular weight is 387 g/mol. The number of hydrogen-bond donors (Lipinski definition) is 0.